The zero-order chi connectivity index (χ0) is 10.6. The third-order valence-electron chi connectivity index (χ3n) is 3.49. The third kappa shape index (κ3) is 3.25. The van der Waals surface area contributed by atoms with Gasteiger partial charge in [0.15, 0.2) is 0 Å². The summed E-state index contributed by atoms with van der Waals surface area (Å²) in [5.74, 6) is 0.757. The minimum absolute atomic E-state index is 0.595. The van der Waals surface area contributed by atoms with Crippen LogP contribution in [0.1, 0.15) is 46.0 Å². The van der Waals surface area contributed by atoms with E-state index < -0.39 is 0 Å². The highest BCUT2D eigenvalue weighted by Crippen LogP contribution is 2.25. The lowest BCUT2D eigenvalue weighted by Crippen LogP contribution is -2.43. The number of nitrogens with zero attached hydrogens (tertiary/aromatic N) is 1. The van der Waals surface area contributed by atoms with Crippen molar-refractivity contribution in [2.45, 2.75) is 58.0 Å². The van der Waals surface area contributed by atoms with E-state index in [9.17, 15) is 0 Å². The largest absolute Gasteiger partial charge is 0.329 e. The molecular formula is C12H26N2. The van der Waals surface area contributed by atoms with Crippen LogP contribution in [0, 0.1) is 5.92 Å². The molecule has 0 aromatic carbocycles. The Bertz CT molecular complexity index is 150. The molecule has 14 heavy (non-hydrogen) atoms. The molecule has 0 saturated heterocycles. The summed E-state index contributed by atoms with van der Waals surface area (Å²) in [7, 11) is 2.26. The fourth-order valence-corrected chi connectivity index (χ4v) is 2.58. The summed E-state index contributed by atoms with van der Waals surface area (Å²) in [5.41, 5.74) is 5.85. The summed E-state index contributed by atoms with van der Waals surface area (Å²) in [6.45, 7) is 5.38. The molecular weight excluding hydrogens is 172 g/mol. The smallest absolute Gasteiger partial charge is 0.0220 e. The van der Waals surface area contributed by atoms with Crippen molar-refractivity contribution in [3.8, 4) is 0 Å². The average Bonchev–Trinajstić information content (AvgIpc) is 2.65. The lowest BCUT2D eigenvalue weighted by molar-refractivity contribution is 0.159. The standard InChI is InChI=1S/C12H26N2/c1-10(2)8-12(9-13)14(3)11-6-4-5-7-11/h10-12H,4-9,13H2,1-3H3. The predicted molar refractivity (Wildman–Crippen MR) is 62.3 cm³/mol. The summed E-state index contributed by atoms with van der Waals surface area (Å²) in [6, 6.07) is 1.40. The summed E-state index contributed by atoms with van der Waals surface area (Å²) in [6.07, 6.45) is 6.82. The molecule has 1 aliphatic carbocycles. The molecule has 1 rings (SSSR count). The van der Waals surface area contributed by atoms with Crippen molar-refractivity contribution >= 4 is 0 Å². The lowest BCUT2D eigenvalue weighted by atomic mass is 10.0. The van der Waals surface area contributed by atoms with Gasteiger partial charge in [-0.1, -0.05) is 26.7 Å². The number of nitrogens with two attached hydrogens (primary N) is 1. The molecule has 1 aliphatic rings. The minimum atomic E-state index is 0.595. The van der Waals surface area contributed by atoms with Crippen LogP contribution in [0.15, 0.2) is 0 Å². The highest BCUT2D eigenvalue weighted by molar-refractivity contribution is 4.81. The zero-order valence-electron chi connectivity index (χ0n) is 10.00. The number of hydrogen-bond donors (Lipinski definition) is 1. The van der Waals surface area contributed by atoms with E-state index in [1.54, 1.807) is 0 Å². The van der Waals surface area contributed by atoms with Gasteiger partial charge in [0, 0.05) is 18.6 Å². The van der Waals surface area contributed by atoms with Gasteiger partial charge < -0.3 is 5.73 Å². The van der Waals surface area contributed by atoms with Gasteiger partial charge in [0.2, 0.25) is 0 Å². The van der Waals surface area contributed by atoms with Crippen LogP contribution in [0.2, 0.25) is 0 Å². The van der Waals surface area contributed by atoms with E-state index in [2.05, 4.69) is 25.8 Å². The molecule has 1 unspecified atom stereocenters. The number of rotatable bonds is 5. The van der Waals surface area contributed by atoms with E-state index in [-0.39, 0.29) is 0 Å². The van der Waals surface area contributed by atoms with E-state index in [1.807, 2.05) is 0 Å². The van der Waals surface area contributed by atoms with Crippen LogP contribution in [0.5, 0.6) is 0 Å². The second-order valence-electron chi connectivity index (χ2n) is 5.12. The van der Waals surface area contributed by atoms with E-state index >= 15 is 0 Å². The van der Waals surface area contributed by atoms with Crippen LogP contribution in [-0.2, 0) is 0 Å². The summed E-state index contributed by atoms with van der Waals surface area (Å²) in [5, 5.41) is 0. The Labute approximate surface area is 88.8 Å². The third-order valence-corrected chi connectivity index (χ3v) is 3.49. The second-order valence-corrected chi connectivity index (χ2v) is 5.12. The maximum absolute atomic E-state index is 5.85. The molecule has 2 N–H and O–H groups in total. The molecule has 1 saturated carbocycles. The topological polar surface area (TPSA) is 29.3 Å². The van der Waals surface area contributed by atoms with E-state index in [0.29, 0.717) is 6.04 Å². The van der Waals surface area contributed by atoms with Crippen molar-refractivity contribution in [2.75, 3.05) is 13.6 Å². The van der Waals surface area contributed by atoms with Gasteiger partial charge in [-0.05, 0) is 32.2 Å². The first-order chi connectivity index (χ1) is 6.65. The second kappa shape index (κ2) is 5.72. The van der Waals surface area contributed by atoms with Crippen LogP contribution in [0.4, 0.5) is 0 Å². The van der Waals surface area contributed by atoms with Crippen LogP contribution < -0.4 is 5.73 Å². The Morgan fingerprint density at radius 3 is 2.29 bits per heavy atom. The average molecular weight is 198 g/mol. The molecule has 84 valence electrons. The van der Waals surface area contributed by atoms with E-state index in [4.69, 9.17) is 5.73 Å². The van der Waals surface area contributed by atoms with Crippen molar-refractivity contribution in [1.82, 2.24) is 4.90 Å². The van der Waals surface area contributed by atoms with Gasteiger partial charge in [-0.2, -0.15) is 0 Å². The van der Waals surface area contributed by atoms with Gasteiger partial charge >= 0.3 is 0 Å². The van der Waals surface area contributed by atoms with Gasteiger partial charge in [-0.3, -0.25) is 4.90 Å². The first kappa shape index (κ1) is 12.0. The molecule has 0 aromatic rings. The van der Waals surface area contributed by atoms with Crippen LogP contribution in [0.25, 0.3) is 0 Å². The lowest BCUT2D eigenvalue weighted by Gasteiger charge is -2.33. The van der Waals surface area contributed by atoms with E-state index in [1.165, 1.54) is 32.1 Å². The summed E-state index contributed by atoms with van der Waals surface area (Å²) in [4.78, 5) is 2.53. The molecule has 0 bridgehead atoms. The van der Waals surface area contributed by atoms with Crippen molar-refractivity contribution < 1.29 is 0 Å². The Morgan fingerprint density at radius 2 is 1.86 bits per heavy atom. The number of likely N-dealkylation sites (N-methyl/N-ethyl adjacent to an activating group) is 1. The molecule has 1 fully saturated rings. The normalized spacial score (nSPS) is 21.0. The molecule has 0 aromatic heterocycles. The van der Waals surface area contributed by atoms with Gasteiger partial charge in [-0.15, -0.1) is 0 Å². The molecule has 0 radical (unpaired) electrons. The van der Waals surface area contributed by atoms with Crippen molar-refractivity contribution in [3.05, 3.63) is 0 Å². The summed E-state index contributed by atoms with van der Waals surface area (Å²) >= 11 is 0. The molecule has 0 heterocycles. The molecule has 2 heteroatoms. The van der Waals surface area contributed by atoms with Crippen molar-refractivity contribution in [2.24, 2.45) is 11.7 Å². The van der Waals surface area contributed by atoms with Gasteiger partial charge in [0.05, 0.1) is 0 Å². The number of hydrogen-bond acceptors (Lipinski definition) is 2. The molecule has 0 amide bonds. The fraction of sp³-hybridized carbons (Fsp3) is 1.00. The highest BCUT2D eigenvalue weighted by atomic mass is 15.2. The van der Waals surface area contributed by atoms with Crippen molar-refractivity contribution in [3.63, 3.8) is 0 Å². The maximum Gasteiger partial charge on any atom is 0.0220 e. The van der Waals surface area contributed by atoms with Gasteiger partial charge in [0.1, 0.15) is 0 Å². The van der Waals surface area contributed by atoms with Crippen LogP contribution >= 0.6 is 0 Å². The Kier molecular flexibility index (Phi) is 4.90. The zero-order valence-corrected chi connectivity index (χ0v) is 10.00. The molecule has 2 nitrogen and oxygen atoms in total. The molecule has 0 aliphatic heterocycles. The van der Waals surface area contributed by atoms with E-state index in [0.717, 1.165) is 18.5 Å². The predicted octanol–water partition coefficient (Wildman–Crippen LogP) is 2.23. The first-order valence-electron chi connectivity index (χ1n) is 6.07. The fourth-order valence-electron chi connectivity index (χ4n) is 2.58. The Morgan fingerprint density at radius 1 is 1.29 bits per heavy atom. The molecule has 1 atom stereocenters. The highest BCUT2D eigenvalue weighted by Gasteiger charge is 2.24. The van der Waals surface area contributed by atoms with Crippen LogP contribution in [0.3, 0.4) is 0 Å². The Balaban J connectivity index is 2.41. The quantitative estimate of drug-likeness (QED) is 0.734. The van der Waals surface area contributed by atoms with Gasteiger partial charge in [-0.25, -0.2) is 0 Å². The van der Waals surface area contributed by atoms with Crippen LogP contribution in [-0.4, -0.2) is 30.6 Å². The van der Waals surface area contributed by atoms with Gasteiger partial charge in [0.25, 0.3) is 0 Å². The maximum atomic E-state index is 5.85. The summed E-state index contributed by atoms with van der Waals surface area (Å²) < 4.78 is 0. The molecule has 0 spiro atoms. The van der Waals surface area contributed by atoms with Crippen molar-refractivity contribution in [1.29, 1.82) is 0 Å². The monoisotopic (exact) mass is 198 g/mol. The minimum Gasteiger partial charge on any atom is -0.329 e. The SMILES string of the molecule is CC(C)CC(CN)N(C)C1CCCC1. The first-order valence-corrected chi connectivity index (χ1v) is 6.07. The Hall–Kier alpha value is -0.0800.